The van der Waals surface area contributed by atoms with Crippen LogP contribution in [0.25, 0.3) is 0 Å². The van der Waals surface area contributed by atoms with Crippen LogP contribution in [-0.2, 0) is 0 Å². The number of hydrogen-bond donors (Lipinski definition) is 1. The van der Waals surface area contributed by atoms with Gasteiger partial charge in [0.15, 0.2) is 0 Å². The molecule has 20 heavy (non-hydrogen) atoms. The summed E-state index contributed by atoms with van der Waals surface area (Å²) in [4.78, 5) is 2.65. The number of nitrogens with zero attached hydrogens (tertiary/aromatic N) is 1. The maximum Gasteiger partial charge on any atom is 0.0349 e. The first kappa shape index (κ1) is 20.5. The second-order valence-corrected chi connectivity index (χ2v) is 6.24. The largest absolute Gasteiger partial charge is 0.314 e. The molecule has 1 atom stereocenters. The molecule has 0 aliphatic carbocycles. The predicted molar refractivity (Wildman–Crippen MR) is 100 cm³/mol. The highest BCUT2D eigenvalue weighted by atomic mass is 127. The molecule has 0 aromatic heterocycles. The molecule has 1 heterocycles. The highest BCUT2D eigenvalue weighted by Gasteiger charge is 2.21. The Morgan fingerprint density at radius 3 is 2.55 bits per heavy atom. The van der Waals surface area contributed by atoms with Gasteiger partial charge in [0, 0.05) is 35.8 Å². The topological polar surface area (TPSA) is 15.3 Å². The van der Waals surface area contributed by atoms with E-state index in [4.69, 9.17) is 0 Å². The lowest BCUT2D eigenvalue weighted by Crippen LogP contribution is -2.45. The van der Waals surface area contributed by atoms with Crippen LogP contribution in [0.3, 0.4) is 0 Å². The number of rotatable bonds is 5. The van der Waals surface area contributed by atoms with E-state index in [2.05, 4.69) is 64.0 Å². The summed E-state index contributed by atoms with van der Waals surface area (Å²) in [5.74, 6) is 0. The molecule has 0 amide bonds. The third-order valence-electron chi connectivity index (χ3n) is 3.66. The average Bonchev–Trinajstić information content (AvgIpc) is 2.40. The summed E-state index contributed by atoms with van der Waals surface area (Å²) in [6.07, 6.45) is 3.89. The van der Waals surface area contributed by atoms with Gasteiger partial charge in [-0.25, -0.2) is 0 Å². The number of hydrogen-bond acceptors (Lipinski definition) is 2. The third kappa shape index (κ3) is 6.06. The molecule has 116 valence electrons. The van der Waals surface area contributed by atoms with Crippen LogP contribution < -0.4 is 5.32 Å². The van der Waals surface area contributed by atoms with E-state index in [0.717, 1.165) is 13.1 Å². The zero-order valence-electron chi connectivity index (χ0n) is 12.0. The molecule has 2 rings (SSSR count). The Balaban J connectivity index is 0.00000180. The van der Waals surface area contributed by atoms with E-state index in [1.165, 1.54) is 41.5 Å². The van der Waals surface area contributed by atoms with Crippen molar-refractivity contribution in [3.05, 3.63) is 33.4 Å². The molecule has 1 aliphatic rings. The van der Waals surface area contributed by atoms with Gasteiger partial charge < -0.3 is 5.32 Å². The quantitative estimate of drug-likeness (QED) is 0.701. The van der Waals surface area contributed by atoms with E-state index < -0.39 is 0 Å². The molecule has 5 heteroatoms. The molecular formula is C15H25Cl2IN2. The Labute approximate surface area is 149 Å². The van der Waals surface area contributed by atoms with Crippen molar-refractivity contribution >= 4 is 47.4 Å². The predicted octanol–water partition coefficient (Wildman–Crippen LogP) is 4.27. The zero-order chi connectivity index (χ0) is 12.8. The molecule has 0 bridgehead atoms. The molecule has 1 aliphatic heterocycles. The van der Waals surface area contributed by atoms with Crippen molar-refractivity contribution in [3.8, 4) is 0 Å². The molecule has 2 nitrogen and oxygen atoms in total. The summed E-state index contributed by atoms with van der Waals surface area (Å²) in [6.45, 7) is 6.91. The fraction of sp³-hybridized carbons (Fsp3) is 0.600. The Morgan fingerprint density at radius 1 is 1.25 bits per heavy atom. The summed E-state index contributed by atoms with van der Waals surface area (Å²) in [5, 5.41) is 3.45. The maximum absolute atomic E-state index is 3.45. The standard InChI is InChI=1S/C15H23IN2.2ClH/c1-2-3-7-15(18-10-8-17-9-11-18)13-5-4-6-14(16)12-13;;/h4-6,12,15,17H,2-3,7-11H2,1H3;2*1H/t15-;;/m1../s1. The second kappa shape index (κ2) is 11.1. The first-order valence-electron chi connectivity index (χ1n) is 7.01. The number of piperazine rings is 1. The van der Waals surface area contributed by atoms with Crippen molar-refractivity contribution in [1.29, 1.82) is 0 Å². The van der Waals surface area contributed by atoms with Crippen molar-refractivity contribution < 1.29 is 0 Å². The molecule has 1 fully saturated rings. The van der Waals surface area contributed by atoms with Crippen molar-refractivity contribution in [2.45, 2.75) is 32.2 Å². The smallest absolute Gasteiger partial charge is 0.0349 e. The molecule has 0 radical (unpaired) electrons. The van der Waals surface area contributed by atoms with Crippen LogP contribution in [0.1, 0.15) is 37.8 Å². The number of benzene rings is 1. The van der Waals surface area contributed by atoms with Crippen LogP contribution in [0.5, 0.6) is 0 Å². The van der Waals surface area contributed by atoms with Gasteiger partial charge in [0.1, 0.15) is 0 Å². The summed E-state index contributed by atoms with van der Waals surface area (Å²) in [5.41, 5.74) is 1.50. The van der Waals surface area contributed by atoms with E-state index in [-0.39, 0.29) is 24.8 Å². The van der Waals surface area contributed by atoms with Crippen LogP contribution >= 0.6 is 47.4 Å². The van der Waals surface area contributed by atoms with Gasteiger partial charge in [0.2, 0.25) is 0 Å². The van der Waals surface area contributed by atoms with E-state index in [0.29, 0.717) is 6.04 Å². The summed E-state index contributed by atoms with van der Waals surface area (Å²) < 4.78 is 1.35. The molecule has 1 N–H and O–H groups in total. The van der Waals surface area contributed by atoms with Crippen molar-refractivity contribution in [1.82, 2.24) is 10.2 Å². The molecular weight excluding hydrogens is 406 g/mol. The molecule has 1 aromatic rings. The number of nitrogens with one attached hydrogen (secondary N) is 1. The van der Waals surface area contributed by atoms with Gasteiger partial charge in [0.05, 0.1) is 0 Å². The van der Waals surface area contributed by atoms with E-state index in [1.54, 1.807) is 0 Å². The van der Waals surface area contributed by atoms with Crippen LogP contribution in [0, 0.1) is 3.57 Å². The minimum atomic E-state index is 0. The lowest BCUT2D eigenvalue weighted by atomic mass is 9.99. The molecule has 0 spiro atoms. The van der Waals surface area contributed by atoms with Crippen molar-refractivity contribution in [3.63, 3.8) is 0 Å². The average molecular weight is 431 g/mol. The van der Waals surface area contributed by atoms with Gasteiger partial charge in [-0.1, -0.05) is 31.9 Å². The molecule has 1 saturated heterocycles. The fourth-order valence-electron chi connectivity index (χ4n) is 2.67. The van der Waals surface area contributed by atoms with Gasteiger partial charge in [-0.05, 0) is 46.7 Å². The molecule has 1 aromatic carbocycles. The summed E-state index contributed by atoms with van der Waals surface area (Å²) >= 11 is 2.42. The van der Waals surface area contributed by atoms with Gasteiger partial charge >= 0.3 is 0 Å². The lowest BCUT2D eigenvalue weighted by molar-refractivity contribution is 0.163. The Morgan fingerprint density at radius 2 is 1.95 bits per heavy atom. The van der Waals surface area contributed by atoms with E-state index >= 15 is 0 Å². The SMILES string of the molecule is CCCC[C@H](c1cccc(I)c1)N1CCNCC1.Cl.Cl. The first-order chi connectivity index (χ1) is 8.81. The van der Waals surface area contributed by atoms with Crippen LogP contribution in [-0.4, -0.2) is 31.1 Å². The third-order valence-corrected chi connectivity index (χ3v) is 4.33. The van der Waals surface area contributed by atoms with Crippen LogP contribution in [0.15, 0.2) is 24.3 Å². The zero-order valence-corrected chi connectivity index (χ0v) is 15.8. The maximum atomic E-state index is 3.45. The first-order valence-corrected chi connectivity index (χ1v) is 8.09. The highest BCUT2D eigenvalue weighted by molar-refractivity contribution is 14.1. The molecule has 0 unspecified atom stereocenters. The lowest BCUT2D eigenvalue weighted by Gasteiger charge is -2.35. The van der Waals surface area contributed by atoms with Gasteiger partial charge in [-0.15, -0.1) is 24.8 Å². The summed E-state index contributed by atoms with van der Waals surface area (Å²) in [6, 6.07) is 9.63. The second-order valence-electron chi connectivity index (χ2n) is 5.00. The minimum absolute atomic E-state index is 0. The van der Waals surface area contributed by atoms with Crippen molar-refractivity contribution in [2.24, 2.45) is 0 Å². The Kier molecular flexibility index (Phi) is 11.3. The van der Waals surface area contributed by atoms with E-state index in [1.807, 2.05) is 0 Å². The van der Waals surface area contributed by atoms with Gasteiger partial charge in [-0.3, -0.25) is 4.90 Å². The minimum Gasteiger partial charge on any atom is -0.314 e. The Hall–Kier alpha value is 0.450. The monoisotopic (exact) mass is 430 g/mol. The van der Waals surface area contributed by atoms with Crippen LogP contribution in [0.2, 0.25) is 0 Å². The highest BCUT2D eigenvalue weighted by Crippen LogP contribution is 2.27. The van der Waals surface area contributed by atoms with Crippen molar-refractivity contribution in [2.75, 3.05) is 26.2 Å². The summed E-state index contributed by atoms with van der Waals surface area (Å²) in [7, 11) is 0. The number of halogens is 3. The van der Waals surface area contributed by atoms with Crippen LogP contribution in [0.4, 0.5) is 0 Å². The van der Waals surface area contributed by atoms with Gasteiger partial charge in [-0.2, -0.15) is 0 Å². The number of unbranched alkanes of at least 4 members (excludes halogenated alkanes) is 1. The van der Waals surface area contributed by atoms with Gasteiger partial charge in [0.25, 0.3) is 0 Å². The normalized spacial score (nSPS) is 16.9. The fourth-order valence-corrected chi connectivity index (χ4v) is 3.23. The van der Waals surface area contributed by atoms with E-state index in [9.17, 15) is 0 Å². The Bertz CT molecular complexity index is 371. The molecule has 0 saturated carbocycles.